The van der Waals surface area contributed by atoms with Crippen LogP contribution in [0.15, 0.2) is 78.9 Å². The second-order valence-electron chi connectivity index (χ2n) is 4.01. The fraction of sp³-hybridized carbons (Fsp3) is 0.0588. The molecule has 0 aliphatic carbocycles. The topological polar surface area (TPSA) is 20.2 Å². The molecule has 0 radical (unpaired) electrons. The van der Waals surface area contributed by atoms with Gasteiger partial charge in [0.2, 0.25) is 0 Å². The lowest BCUT2D eigenvalue weighted by Crippen LogP contribution is -1.91. The zero-order chi connectivity index (χ0) is 12.6. The van der Waals surface area contributed by atoms with Gasteiger partial charge in [0.05, 0.1) is 6.10 Å². The molecule has 0 fully saturated rings. The van der Waals surface area contributed by atoms with E-state index in [9.17, 15) is 5.11 Å². The predicted molar refractivity (Wildman–Crippen MR) is 76.0 cm³/mol. The smallest absolute Gasteiger partial charge is 0.0974 e. The van der Waals surface area contributed by atoms with Crippen LogP contribution in [-0.2, 0) is 0 Å². The molecule has 18 heavy (non-hydrogen) atoms. The normalized spacial score (nSPS) is 13.2. The Hall–Kier alpha value is -2.12. The second-order valence-corrected chi connectivity index (χ2v) is 4.01. The second kappa shape index (κ2) is 6.58. The van der Waals surface area contributed by atoms with E-state index in [1.54, 1.807) is 6.08 Å². The first kappa shape index (κ1) is 12.3. The first-order valence-electron chi connectivity index (χ1n) is 5.99. The molecule has 0 amide bonds. The van der Waals surface area contributed by atoms with Gasteiger partial charge in [0.1, 0.15) is 0 Å². The van der Waals surface area contributed by atoms with Gasteiger partial charge in [-0.15, -0.1) is 0 Å². The van der Waals surface area contributed by atoms with Crippen LogP contribution in [0, 0.1) is 0 Å². The van der Waals surface area contributed by atoms with Gasteiger partial charge in [-0.05, 0) is 11.1 Å². The molecule has 90 valence electrons. The number of benzene rings is 2. The number of allylic oxidation sites excluding steroid dienone is 2. The Morgan fingerprint density at radius 3 is 2.06 bits per heavy atom. The Kier molecular flexibility index (Phi) is 4.51. The molecule has 0 saturated heterocycles. The number of aliphatic hydroxyl groups excluding tert-OH is 1. The standard InChI is InChI=1S/C17H16O/c18-17(16-12-5-2-6-13-16)14-8-7-11-15-9-3-1-4-10-15/h1-14,17-18H/b11-7+,14-8+. The third-order valence-electron chi connectivity index (χ3n) is 2.63. The minimum atomic E-state index is -0.549. The summed E-state index contributed by atoms with van der Waals surface area (Å²) in [5.41, 5.74) is 2.05. The zero-order valence-corrected chi connectivity index (χ0v) is 10.1. The van der Waals surface area contributed by atoms with Crippen molar-refractivity contribution in [2.24, 2.45) is 0 Å². The van der Waals surface area contributed by atoms with Crippen LogP contribution in [-0.4, -0.2) is 5.11 Å². The van der Waals surface area contributed by atoms with Crippen molar-refractivity contribution >= 4 is 6.08 Å². The minimum absolute atomic E-state index is 0.549. The first-order valence-corrected chi connectivity index (χ1v) is 5.99. The molecule has 0 aliphatic rings. The van der Waals surface area contributed by atoms with Crippen molar-refractivity contribution in [3.8, 4) is 0 Å². The molecular formula is C17H16O. The van der Waals surface area contributed by atoms with E-state index in [0.29, 0.717) is 0 Å². The molecule has 2 rings (SSSR count). The summed E-state index contributed by atoms with van der Waals surface area (Å²) in [6.07, 6.45) is 7.03. The molecule has 2 aromatic rings. The molecular weight excluding hydrogens is 220 g/mol. The molecule has 0 aliphatic heterocycles. The highest BCUT2D eigenvalue weighted by Crippen LogP contribution is 2.13. The number of rotatable bonds is 4. The maximum Gasteiger partial charge on any atom is 0.0974 e. The Labute approximate surface area is 108 Å². The van der Waals surface area contributed by atoms with Gasteiger partial charge in [-0.25, -0.2) is 0 Å². The van der Waals surface area contributed by atoms with E-state index in [4.69, 9.17) is 0 Å². The third-order valence-corrected chi connectivity index (χ3v) is 2.63. The molecule has 1 N–H and O–H groups in total. The fourth-order valence-corrected chi connectivity index (χ4v) is 1.66. The van der Waals surface area contributed by atoms with Crippen LogP contribution in [0.25, 0.3) is 6.08 Å². The van der Waals surface area contributed by atoms with Crippen molar-refractivity contribution in [2.45, 2.75) is 6.10 Å². The quantitative estimate of drug-likeness (QED) is 0.796. The minimum Gasteiger partial charge on any atom is -0.384 e. The SMILES string of the molecule is OC(/C=C/C=C/c1ccccc1)c1ccccc1. The number of hydrogen-bond acceptors (Lipinski definition) is 1. The summed E-state index contributed by atoms with van der Waals surface area (Å²) in [6, 6.07) is 19.7. The van der Waals surface area contributed by atoms with Gasteiger partial charge in [-0.1, -0.05) is 85.0 Å². The van der Waals surface area contributed by atoms with Gasteiger partial charge in [0.15, 0.2) is 0 Å². The van der Waals surface area contributed by atoms with Gasteiger partial charge in [-0.3, -0.25) is 0 Å². The Morgan fingerprint density at radius 2 is 1.39 bits per heavy atom. The Morgan fingerprint density at radius 1 is 0.778 bits per heavy atom. The van der Waals surface area contributed by atoms with Crippen molar-refractivity contribution in [3.63, 3.8) is 0 Å². The van der Waals surface area contributed by atoms with Crippen LogP contribution in [0.1, 0.15) is 17.2 Å². The monoisotopic (exact) mass is 236 g/mol. The molecule has 1 unspecified atom stereocenters. The van der Waals surface area contributed by atoms with E-state index in [0.717, 1.165) is 11.1 Å². The van der Waals surface area contributed by atoms with Gasteiger partial charge < -0.3 is 5.11 Å². The van der Waals surface area contributed by atoms with Crippen molar-refractivity contribution in [2.75, 3.05) is 0 Å². The molecule has 1 atom stereocenters. The highest BCUT2D eigenvalue weighted by Gasteiger charge is 1.99. The van der Waals surface area contributed by atoms with Crippen LogP contribution in [0.3, 0.4) is 0 Å². The molecule has 0 aromatic heterocycles. The van der Waals surface area contributed by atoms with E-state index in [1.807, 2.05) is 78.9 Å². The van der Waals surface area contributed by atoms with Crippen molar-refractivity contribution in [1.82, 2.24) is 0 Å². The van der Waals surface area contributed by atoms with Gasteiger partial charge in [0, 0.05) is 0 Å². The third kappa shape index (κ3) is 3.72. The van der Waals surface area contributed by atoms with Crippen LogP contribution < -0.4 is 0 Å². The van der Waals surface area contributed by atoms with E-state index < -0.39 is 6.10 Å². The van der Waals surface area contributed by atoms with E-state index in [2.05, 4.69) is 0 Å². The van der Waals surface area contributed by atoms with Crippen LogP contribution >= 0.6 is 0 Å². The lowest BCUT2D eigenvalue weighted by atomic mass is 10.1. The summed E-state index contributed by atoms with van der Waals surface area (Å²) < 4.78 is 0. The molecule has 1 heteroatoms. The molecule has 2 aromatic carbocycles. The summed E-state index contributed by atoms with van der Waals surface area (Å²) >= 11 is 0. The maximum absolute atomic E-state index is 9.90. The maximum atomic E-state index is 9.90. The van der Waals surface area contributed by atoms with Gasteiger partial charge in [-0.2, -0.15) is 0 Å². The van der Waals surface area contributed by atoms with Crippen molar-refractivity contribution < 1.29 is 5.11 Å². The van der Waals surface area contributed by atoms with Crippen LogP contribution in [0.4, 0.5) is 0 Å². The average Bonchev–Trinajstić information content (AvgIpc) is 2.45. The molecule has 0 spiro atoms. The van der Waals surface area contributed by atoms with E-state index >= 15 is 0 Å². The largest absolute Gasteiger partial charge is 0.384 e. The first-order chi connectivity index (χ1) is 8.86. The predicted octanol–water partition coefficient (Wildman–Crippen LogP) is 3.99. The fourth-order valence-electron chi connectivity index (χ4n) is 1.66. The Bertz CT molecular complexity index is 512. The molecule has 0 heterocycles. The van der Waals surface area contributed by atoms with Crippen molar-refractivity contribution in [1.29, 1.82) is 0 Å². The summed E-state index contributed by atoms with van der Waals surface area (Å²) in [4.78, 5) is 0. The van der Waals surface area contributed by atoms with Gasteiger partial charge in [0.25, 0.3) is 0 Å². The van der Waals surface area contributed by atoms with Crippen LogP contribution in [0.2, 0.25) is 0 Å². The lowest BCUT2D eigenvalue weighted by Gasteiger charge is -2.03. The molecule has 1 nitrogen and oxygen atoms in total. The average molecular weight is 236 g/mol. The summed E-state index contributed by atoms with van der Waals surface area (Å²) in [7, 11) is 0. The van der Waals surface area contributed by atoms with E-state index in [1.165, 1.54) is 0 Å². The van der Waals surface area contributed by atoms with Crippen LogP contribution in [0.5, 0.6) is 0 Å². The van der Waals surface area contributed by atoms with Gasteiger partial charge >= 0.3 is 0 Å². The zero-order valence-electron chi connectivity index (χ0n) is 10.1. The van der Waals surface area contributed by atoms with Crippen molar-refractivity contribution in [3.05, 3.63) is 90.0 Å². The highest BCUT2D eigenvalue weighted by molar-refractivity contribution is 5.50. The summed E-state index contributed by atoms with van der Waals surface area (Å²) in [5, 5.41) is 9.90. The summed E-state index contributed by atoms with van der Waals surface area (Å²) in [5.74, 6) is 0. The number of hydrogen-bond donors (Lipinski definition) is 1. The number of aliphatic hydroxyl groups is 1. The molecule has 0 saturated carbocycles. The Balaban J connectivity index is 1.94. The lowest BCUT2D eigenvalue weighted by molar-refractivity contribution is 0.228. The summed E-state index contributed by atoms with van der Waals surface area (Å²) in [6.45, 7) is 0. The van der Waals surface area contributed by atoms with E-state index in [-0.39, 0.29) is 0 Å². The highest BCUT2D eigenvalue weighted by atomic mass is 16.3. The molecule has 0 bridgehead atoms.